The van der Waals surface area contributed by atoms with Gasteiger partial charge in [0.2, 0.25) is 6.79 Å². The molecule has 0 saturated carbocycles. The molecular weight excluding hydrogens is 220 g/mol. The molecule has 0 aromatic heterocycles. The lowest BCUT2D eigenvalue weighted by Crippen LogP contribution is -2.09. The number of hydrogen-bond acceptors (Lipinski definition) is 4. The summed E-state index contributed by atoms with van der Waals surface area (Å²) in [6.07, 6.45) is 1.44. The normalized spacial score (nSPS) is 20.1. The second kappa shape index (κ2) is 3.03. The van der Waals surface area contributed by atoms with Crippen LogP contribution in [0.1, 0.15) is 11.1 Å². The number of benzene rings is 1. The fraction of sp³-hybridized carbons (Fsp3) is 0.308. The topological polar surface area (TPSA) is 44.8 Å². The Kier molecular flexibility index (Phi) is 1.62. The van der Waals surface area contributed by atoms with E-state index < -0.39 is 0 Å². The standard InChI is InChI=1S/C13H10O4/c14-13-10-2-8-4-12-11(16-6-17-12)3-7(8)1-9(10)5-15-13/h3-4H,1-2,5-6H2. The molecule has 0 spiro atoms. The van der Waals surface area contributed by atoms with Crippen molar-refractivity contribution in [3.63, 3.8) is 0 Å². The van der Waals surface area contributed by atoms with E-state index in [2.05, 4.69) is 0 Å². The maximum Gasteiger partial charge on any atom is 0.334 e. The first-order valence-electron chi connectivity index (χ1n) is 5.60. The van der Waals surface area contributed by atoms with Crippen molar-refractivity contribution >= 4 is 5.97 Å². The summed E-state index contributed by atoms with van der Waals surface area (Å²) in [6.45, 7) is 0.732. The smallest absolute Gasteiger partial charge is 0.334 e. The van der Waals surface area contributed by atoms with Crippen molar-refractivity contribution in [2.24, 2.45) is 0 Å². The molecule has 0 amide bonds. The second-order valence-electron chi connectivity index (χ2n) is 4.49. The fourth-order valence-corrected chi connectivity index (χ4v) is 2.60. The van der Waals surface area contributed by atoms with Gasteiger partial charge in [-0.3, -0.25) is 0 Å². The monoisotopic (exact) mass is 230 g/mol. The lowest BCUT2D eigenvalue weighted by molar-refractivity contribution is -0.136. The molecule has 2 aliphatic heterocycles. The summed E-state index contributed by atoms with van der Waals surface area (Å²) in [5, 5.41) is 0. The van der Waals surface area contributed by atoms with Crippen LogP contribution in [-0.2, 0) is 22.4 Å². The first-order chi connectivity index (χ1) is 8.31. The third-order valence-electron chi connectivity index (χ3n) is 3.52. The minimum absolute atomic E-state index is 0.164. The molecule has 17 heavy (non-hydrogen) atoms. The predicted octanol–water partition coefficient (Wildman–Crippen LogP) is 1.37. The highest BCUT2D eigenvalue weighted by Crippen LogP contribution is 2.39. The van der Waals surface area contributed by atoms with Crippen molar-refractivity contribution in [2.45, 2.75) is 12.8 Å². The Bertz CT molecular complexity index is 571. The molecule has 0 saturated heterocycles. The van der Waals surface area contributed by atoms with Crippen molar-refractivity contribution in [3.05, 3.63) is 34.4 Å². The van der Waals surface area contributed by atoms with Gasteiger partial charge >= 0.3 is 5.97 Å². The van der Waals surface area contributed by atoms with Crippen molar-refractivity contribution in [2.75, 3.05) is 13.4 Å². The number of carbonyl (C=O) groups is 1. The van der Waals surface area contributed by atoms with Crippen LogP contribution in [0.25, 0.3) is 0 Å². The number of carbonyl (C=O) groups excluding carboxylic acids is 1. The Labute approximate surface area is 97.8 Å². The molecule has 4 heteroatoms. The van der Waals surface area contributed by atoms with Gasteiger partial charge in [0.05, 0.1) is 0 Å². The van der Waals surface area contributed by atoms with Crippen LogP contribution in [-0.4, -0.2) is 19.4 Å². The third kappa shape index (κ3) is 1.21. The molecule has 4 nitrogen and oxygen atoms in total. The van der Waals surface area contributed by atoms with Crippen LogP contribution in [0, 0.1) is 0 Å². The van der Waals surface area contributed by atoms with E-state index in [0.717, 1.165) is 34.6 Å². The van der Waals surface area contributed by atoms with Crippen LogP contribution >= 0.6 is 0 Å². The molecule has 86 valence electrons. The van der Waals surface area contributed by atoms with Gasteiger partial charge in [-0.2, -0.15) is 0 Å². The van der Waals surface area contributed by atoms with Crippen LogP contribution in [0.4, 0.5) is 0 Å². The van der Waals surface area contributed by atoms with Gasteiger partial charge in [-0.25, -0.2) is 4.79 Å². The van der Waals surface area contributed by atoms with Crippen LogP contribution < -0.4 is 9.47 Å². The minimum Gasteiger partial charge on any atom is -0.458 e. The molecule has 3 aliphatic rings. The van der Waals surface area contributed by atoms with Crippen LogP contribution in [0.15, 0.2) is 23.3 Å². The van der Waals surface area contributed by atoms with Crippen molar-refractivity contribution in [1.29, 1.82) is 0 Å². The van der Waals surface area contributed by atoms with E-state index in [1.54, 1.807) is 0 Å². The number of rotatable bonds is 0. The number of esters is 1. The molecule has 2 heterocycles. The number of cyclic esters (lactones) is 1. The summed E-state index contributed by atoms with van der Waals surface area (Å²) in [4.78, 5) is 11.5. The molecule has 0 fully saturated rings. The van der Waals surface area contributed by atoms with Gasteiger partial charge in [-0.05, 0) is 35.3 Å². The molecule has 0 radical (unpaired) electrons. The zero-order valence-corrected chi connectivity index (χ0v) is 9.12. The predicted molar refractivity (Wildman–Crippen MR) is 58.0 cm³/mol. The van der Waals surface area contributed by atoms with Gasteiger partial charge in [0.25, 0.3) is 0 Å². The van der Waals surface area contributed by atoms with Crippen molar-refractivity contribution < 1.29 is 19.0 Å². The van der Waals surface area contributed by atoms with Gasteiger partial charge in [0, 0.05) is 12.0 Å². The number of fused-ring (bicyclic) bond motifs is 2. The highest BCUT2D eigenvalue weighted by molar-refractivity contribution is 5.93. The fourth-order valence-electron chi connectivity index (χ4n) is 2.60. The van der Waals surface area contributed by atoms with E-state index in [4.69, 9.17) is 14.2 Å². The van der Waals surface area contributed by atoms with Crippen LogP contribution in [0.5, 0.6) is 11.5 Å². The van der Waals surface area contributed by atoms with Gasteiger partial charge in [0.15, 0.2) is 11.5 Å². The van der Waals surface area contributed by atoms with Gasteiger partial charge in [-0.1, -0.05) is 0 Å². The Balaban J connectivity index is 1.81. The van der Waals surface area contributed by atoms with E-state index >= 15 is 0 Å². The summed E-state index contributed by atoms with van der Waals surface area (Å²) < 4.78 is 15.8. The minimum atomic E-state index is -0.164. The summed E-state index contributed by atoms with van der Waals surface area (Å²) in [7, 11) is 0. The number of hydrogen-bond donors (Lipinski definition) is 0. The molecule has 4 rings (SSSR count). The number of ether oxygens (including phenoxy) is 3. The van der Waals surface area contributed by atoms with Crippen LogP contribution in [0.2, 0.25) is 0 Å². The average molecular weight is 230 g/mol. The van der Waals surface area contributed by atoms with Crippen molar-refractivity contribution in [1.82, 2.24) is 0 Å². The lowest BCUT2D eigenvalue weighted by Gasteiger charge is -2.16. The molecule has 0 unspecified atom stereocenters. The van der Waals surface area contributed by atoms with Gasteiger partial charge < -0.3 is 14.2 Å². The molecule has 1 aliphatic carbocycles. The molecular formula is C13H10O4. The largest absolute Gasteiger partial charge is 0.458 e. The zero-order valence-electron chi connectivity index (χ0n) is 9.12. The zero-order chi connectivity index (χ0) is 11.4. The maximum absolute atomic E-state index is 11.5. The van der Waals surface area contributed by atoms with Crippen molar-refractivity contribution in [3.8, 4) is 11.5 Å². The summed E-state index contributed by atoms with van der Waals surface area (Å²) in [5.41, 5.74) is 4.30. The Hall–Kier alpha value is -1.97. The molecule has 0 bridgehead atoms. The Morgan fingerprint density at radius 1 is 0.941 bits per heavy atom. The average Bonchev–Trinajstić information content (AvgIpc) is 2.91. The third-order valence-corrected chi connectivity index (χ3v) is 3.52. The maximum atomic E-state index is 11.5. The highest BCUT2D eigenvalue weighted by Gasteiger charge is 2.31. The lowest BCUT2D eigenvalue weighted by atomic mass is 9.87. The Morgan fingerprint density at radius 2 is 1.65 bits per heavy atom. The molecule has 1 aromatic rings. The summed E-state index contributed by atoms with van der Waals surface area (Å²) in [6, 6.07) is 4.00. The van der Waals surface area contributed by atoms with E-state index in [1.807, 2.05) is 12.1 Å². The van der Waals surface area contributed by atoms with Gasteiger partial charge in [-0.15, -0.1) is 0 Å². The second-order valence-corrected chi connectivity index (χ2v) is 4.49. The quantitative estimate of drug-likeness (QED) is 0.631. The van der Waals surface area contributed by atoms with E-state index in [1.165, 1.54) is 5.56 Å². The highest BCUT2D eigenvalue weighted by atomic mass is 16.7. The van der Waals surface area contributed by atoms with E-state index in [-0.39, 0.29) is 12.8 Å². The SMILES string of the molecule is O=C1OCC2=C1Cc1cc3c(cc1C2)OCO3. The van der Waals surface area contributed by atoms with Crippen LogP contribution in [0.3, 0.4) is 0 Å². The summed E-state index contributed by atoms with van der Waals surface area (Å²) in [5.74, 6) is 1.42. The van der Waals surface area contributed by atoms with E-state index in [9.17, 15) is 4.79 Å². The Morgan fingerprint density at radius 3 is 2.41 bits per heavy atom. The first-order valence-corrected chi connectivity index (χ1v) is 5.60. The first kappa shape index (κ1) is 9.10. The summed E-state index contributed by atoms with van der Waals surface area (Å²) >= 11 is 0. The molecule has 1 aromatic carbocycles. The molecule has 0 atom stereocenters. The van der Waals surface area contributed by atoms with E-state index in [0.29, 0.717) is 13.0 Å². The molecule has 0 N–H and O–H groups in total. The van der Waals surface area contributed by atoms with Gasteiger partial charge in [0.1, 0.15) is 6.61 Å².